The predicted octanol–water partition coefficient (Wildman–Crippen LogP) is 3.72. The summed E-state index contributed by atoms with van der Waals surface area (Å²) in [5.41, 5.74) is 0. The van der Waals surface area contributed by atoms with Crippen molar-refractivity contribution in [2.24, 2.45) is 0 Å². The van der Waals surface area contributed by atoms with E-state index in [0.29, 0.717) is 0 Å². The Morgan fingerprint density at radius 1 is 1.27 bits per heavy atom. The van der Waals surface area contributed by atoms with E-state index in [2.05, 4.69) is 13.5 Å². The Balaban J connectivity index is 3.05. The Kier molecular flexibility index (Phi) is 4.56. The quantitative estimate of drug-likeness (QED) is 0.710. The minimum absolute atomic E-state index is 0.828. The van der Waals surface area contributed by atoms with Crippen LogP contribution in [0.25, 0.3) is 0 Å². The number of benzene rings is 1. The summed E-state index contributed by atoms with van der Waals surface area (Å²) >= 11 is 1.60. The van der Waals surface area contributed by atoms with Crippen molar-refractivity contribution < 1.29 is 9.47 Å². The Bertz CT molecular complexity index is 325. The van der Waals surface area contributed by atoms with Gasteiger partial charge in [-0.1, -0.05) is 31.3 Å². The highest BCUT2D eigenvalue weighted by atomic mass is 32.2. The van der Waals surface area contributed by atoms with Gasteiger partial charge < -0.3 is 9.47 Å². The van der Waals surface area contributed by atoms with E-state index >= 15 is 0 Å². The van der Waals surface area contributed by atoms with Crippen LogP contribution in [0.1, 0.15) is 13.3 Å². The van der Waals surface area contributed by atoms with Crippen molar-refractivity contribution >= 4 is 11.8 Å². The average Bonchev–Trinajstić information content (AvgIpc) is 2.29. The predicted molar refractivity (Wildman–Crippen MR) is 64.8 cm³/mol. The van der Waals surface area contributed by atoms with Crippen molar-refractivity contribution in [3.05, 3.63) is 29.7 Å². The third-order valence-corrected chi connectivity index (χ3v) is 3.21. The first-order valence-electron chi connectivity index (χ1n) is 4.79. The van der Waals surface area contributed by atoms with Gasteiger partial charge in [0.05, 0.1) is 19.1 Å². The number of allylic oxidation sites excluding steroid dienone is 1. The van der Waals surface area contributed by atoms with Gasteiger partial charge in [-0.05, 0) is 23.5 Å². The largest absolute Gasteiger partial charge is 0.495 e. The SMILES string of the molecule is C=C(CC)Sc1c(OC)cccc1OC. The van der Waals surface area contributed by atoms with Gasteiger partial charge in [0.25, 0.3) is 0 Å². The van der Waals surface area contributed by atoms with Gasteiger partial charge in [-0.15, -0.1) is 0 Å². The molecule has 1 aromatic carbocycles. The highest BCUT2D eigenvalue weighted by molar-refractivity contribution is 8.03. The van der Waals surface area contributed by atoms with Gasteiger partial charge in [0.1, 0.15) is 11.5 Å². The lowest BCUT2D eigenvalue weighted by atomic mass is 10.3. The molecule has 0 heterocycles. The number of methoxy groups -OCH3 is 2. The van der Waals surface area contributed by atoms with E-state index < -0.39 is 0 Å². The van der Waals surface area contributed by atoms with Crippen LogP contribution >= 0.6 is 11.8 Å². The second-order valence-electron chi connectivity index (χ2n) is 2.99. The molecule has 0 aromatic heterocycles. The fourth-order valence-electron chi connectivity index (χ4n) is 1.13. The number of hydrogen-bond acceptors (Lipinski definition) is 3. The molecule has 0 radical (unpaired) electrons. The van der Waals surface area contributed by atoms with Crippen LogP contribution in [0.3, 0.4) is 0 Å². The Labute approximate surface area is 95.3 Å². The van der Waals surface area contributed by atoms with Crippen LogP contribution in [-0.4, -0.2) is 14.2 Å². The molecular formula is C12H16O2S. The Morgan fingerprint density at radius 3 is 2.20 bits per heavy atom. The first-order valence-corrected chi connectivity index (χ1v) is 5.61. The molecule has 0 unspecified atom stereocenters. The van der Waals surface area contributed by atoms with E-state index in [-0.39, 0.29) is 0 Å². The lowest BCUT2D eigenvalue weighted by molar-refractivity contribution is 0.376. The molecular weight excluding hydrogens is 208 g/mol. The second kappa shape index (κ2) is 5.71. The molecule has 2 nitrogen and oxygen atoms in total. The third-order valence-electron chi connectivity index (χ3n) is 2.02. The molecule has 0 aliphatic rings. The molecule has 1 aromatic rings. The van der Waals surface area contributed by atoms with Crippen molar-refractivity contribution in [1.82, 2.24) is 0 Å². The molecule has 82 valence electrons. The summed E-state index contributed by atoms with van der Waals surface area (Å²) in [6.07, 6.45) is 0.936. The van der Waals surface area contributed by atoms with Gasteiger partial charge in [0, 0.05) is 0 Å². The van der Waals surface area contributed by atoms with Crippen molar-refractivity contribution in [2.45, 2.75) is 18.2 Å². The zero-order valence-corrected chi connectivity index (χ0v) is 10.2. The van der Waals surface area contributed by atoms with Crippen LogP contribution in [0.15, 0.2) is 34.6 Å². The van der Waals surface area contributed by atoms with E-state index in [4.69, 9.17) is 9.47 Å². The first-order chi connectivity index (χ1) is 7.22. The van der Waals surface area contributed by atoms with Crippen molar-refractivity contribution in [2.75, 3.05) is 14.2 Å². The molecule has 0 fully saturated rings. The number of rotatable bonds is 5. The molecule has 15 heavy (non-hydrogen) atoms. The van der Waals surface area contributed by atoms with Crippen LogP contribution in [0.5, 0.6) is 11.5 Å². The van der Waals surface area contributed by atoms with Crippen LogP contribution in [0.4, 0.5) is 0 Å². The highest BCUT2D eigenvalue weighted by Crippen LogP contribution is 2.41. The van der Waals surface area contributed by atoms with E-state index in [9.17, 15) is 0 Å². The Morgan fingerprint density at radius 2 is 1.80 bits per heavy atom. The van der Waals surface area contributed by atoms with Crippen LogP contribution in [0, 0.1) is 0 Å². The lowest BCUT2D eigenvalue weighted by Crippen LogP contribution is -1.91. The zero-order chi connectivity index (χ0) is 11.3. The van der Waals surface area contributed by atoms with E-state index in [1.807, 2.05) is 18.2 Å². The maximum Gasteiger partial charge on any atom is 0.136 e. The highest BCUT2D eigenvalue weighted by Gasteiger charge is 2.10. The summed E-state index contributed by atoms with van der Waals surface area (Å²) in [6.45, 7) is 6.05. The fourth-order valence-corrected chi connectivity index (χ4v) is 2.07. The van der Waals surface area contributed by atoms with Gasteiger partial charge in [-0.2, -0.15) is 0 Å². The van der Waals surface area contributed by atoms with Gasteiger partial charge in [-0.3, -0.25) is 0 Å². The molecule has 0 aliphatic carbocycles. The van der Waals surface area contributed by atoms with Crippen molar-refractivity contribution in [3.8, 4) is 11.5 Å². The van der Waals surface area contributed by atoms with Crippen molar-refractivity contribution in [3.63, 3.8) is 0 Å². The van der Waals surface area contributed by atoms with Crippen molar-refractivity contribution in [1.29, 1.82) is 0 Å². The van der Waals surface area contributed by atoms with E-state index in [1.165, 1.54) is 0 Å². The molecule has 0 bridgehead atoms. The number of ether oxygens (including phenoxy) is 2. The summed E-state index contributed by atoms with van der Waals surface area (Å²) < 4.78 is 10.6. The number of hydrogen-bond donors (Lipinski definition) is 0. The maximum absolute atomic E-state index is 5.29. The van der Waals surface area contributed by atoms with Crippen LogP contribution in [0.2, 0.25) is 0 Å². The molecule has 0 atom stereocenters. The molecule has 1 rings (SSSR count). The monoisotopic (exact) mass is 224 g/mol. The minimum Gasteiger partial charge on any atom is -0.495 e. The molecule has 3 heteroatoms. The summed E-state index contributed by atoms with van der Waals surface area (Å²) in [4.78, 5) is 2.09. The summed E-state index contributed by atoms with van der Waals surface area (Å²) in [5, 5.41) is 0. The van der Waals surface area contributed by atoms with Gasteiger partial charge in [-0.25, -0.2) is 0 Å². The molecule has 0 aliphatic heterocycles. The van der Waals surface area contributed by atoms with Gasteiger partial charge in [0.2, 0.25) is 0 Å². The maximum atomic E-state index is 5.29. The average molecular weight is 224 g/mol. The smallest absolute Gasteiger partial charge is 0.136 e. The van der Waals surface area contributed by atoms with Gasteiger partial charge in [0.15, 0.2) is 0 Å². The van der Waals surface area contributed by atoms with Gasteiger partial charge >= 0.3 is 0 Å². The molecule has 0 amide bonds. The first kappa shape index (κ1) is 12.0. The van der Waals surface area contributed by atoms with Crippen LogP contribution in [-0.2, 0) is 0 Å². The topological polar surface area (TPSA) is 18.5 Å². The lowest BCUT2D eigenvalue weighted by Gasteiger charge is -2.12. The summed E-state index contributed by atoms with van der Waals surface area (Å²) in [6, 6.07) is 5.76. The number of thioether (sulfide) groups is 1. The van der Waals surface area contributed by atoms with Crippen LogP contribution < -0.4 is 9.47 Å². The normalized spacial score (nSPS) is 9.80. The molecule has 0 N–H and O–H groups in total. The molecule has 0 saturated carbocycles. The fraction of sp³-hybridized carbons (Fsp3) is 0.333. The summed E-state index contributed by atoms with van der Waals surface area (Å²) in [5.74, 6) is 1.66. The molecule has 0 spiro atoms. The zero-order valence-electron chi connectivity index (χ0n) is 9.37. The summed E-state index contributed by atoms with van der Waals surface area (Å²) in [7, 11) is 3.32. The van der Waals surface area contributed by atoms with E-state index in [0.717, 1.165) is 27.7 Å². The van der Waals surface area contributed by atoms with E-state index in [1.54, 1.807) is 26.0 Å². The third kappa shape index (κ3) is 2.93. The minimum atomic E-state index is 0.828. The Hall–Kier alpha value is -1.09. The molecule has 0 saturated heterocycles. The standard InChI is InChI=1S/C12H16O2S/c1-5-9(2)15-12-10(13-3)7-6-8-11(12)14-4/h6-8H,2,5H2,1,3-4H3. The second-order valence-corrected chi connectivity index (χ2v) is 4.18.